The lowest BCUT2D eigenvalue weighted by atomic mass is 9.84. The first-order chi connectivity index (χ1) is 14.4. The molecule has 1 N–H and O–H groups in total. The van der Waals surface area contributed by atoms with Crippen molar-refractivity contribution in [3.8, 4) is 5.75 Å². The lowest BCUT2D eigenvalue weighted by molar-refractivity contribution is 0.0657. The summed E-state index contributed by atoms with van der Waals surface area (Å²) in [4.78, 5) is 21.5. The van der Waals surface area contributed by atoms with E-state index in [1.807, 2.05) is 17.0 Å². The van der Waals surface area contributed by atoms with Gasteiger partial charge in [-0.1, -0.05) is 26.0 Å². The summed E-state index contributed by atoms with van der Waals surface area (Å²) in [6, 6.07) is 11.6. The number of benzene rings is 1. The molecule has 0 saturated carbocycles. The lowest BCUT2D eigenvalue weighted by Crippen LogP contribution is -2.54. The SMILES string of the molecule is CCNC(=NCC(C)(C)c1cccc(OC)c1)N1CCN(C(=O)c2ccco2)CC1. The van der Waals surface area contributed by atoms with Crippen LogP contribution in [0.2, 0.25) is 0 Å². The third-order valence-corrected chi connectivity index (χ3v) is 5.41. The fraction of sp³-hybridized carbons (Fsp3) is 0.478. The molecule has 0 aliphatic carbocycles. The van der Waals surface area contributed by atoms with Crippen LogP contribution in [0.15, 0.2) is 52.1 Å². The van der Waals surface area contributed by atoms with E-state index in [9.17, 15) is 4.79 Å². The van der Waals surface area contributed by atoms with Crippen molar-refractivity contribution >= 4 is 11.9 Å². The average molecular weight is 413 g/mol. The highest BCUT2D eigenvalue weighted by Gasteiger charge is 2.26. The van der Waals surface area contributed by atoms with Gasteiger partial charge in [0.2, 0.25) is 0 Å². The largest absolute Gasteiger partial charge is 0.497 e. The summed E-state index contributed by atoms with van der Waals surface area (Å²) in [5.74, 6) is 2.08. The smallest absolute Gasteiger partial charge is 0.289 e. The van der Waals surface area contributed by atoms with E-state index in [0.717, 1.165) is 31.3 Å². The molecule has 1 fully saturated rings. The highest BCUT2D eigenvalue weighted by molar-refractivity contribution is 5.91. The van der Waals surface area contributed by atoms with Crippen LogP contribution in [-0.2, 0) is 5.41 Å². The van der Waals surface area contributed by atoms with Crippen molar-refractivity contribution in [1.82, 2.24) is 15.1 Å². The van der Waals surface area contributed by atoms with Crippen molar-refractivity contribution in [3.05, 3.63) is 54.0 Å². The molecule has 1 aromatic heterocycles. The molecule has 1 aliphatic rings. The zero-order chi connectivity index (χ0) is 21.6. The second kappa shape index (κ2) is 9.69. The van der Waals surface area contributed by atoms with Gasteiger partial charge in [0.15, 0.2) is 11.7 Å². The minimum Gasteiger partial charge on any atom is -0.497 e. The summed E-state index contributed by atoms with van der Waals surface area (Å²) in [6.45, 7) is 10.6. The molecule has 1 amide bonds. The third kappa shape index (κ3) is 5.14. The quantitative estimate of drug-likeness (QED) is 0.583. The number of carbonyl (C=O) groups excluding carboxylic acids is 1. The number of aliphatic imine (C=N–C) groups is 1. The number of ether oxygens (including phenoxy) is 1. The molecule has 0 bridgehead atoms. The maximum atomic E-state index is 12.5. The van der Waals surface area contributed by atoms with Crippen LogP contribution in [0, 0.1) is 0 Å². The number of amides is 1. The van der Waals surface area contributed by atoms with Crippen LogP contribution in [0.4, 0.5) is 0 Å². The Morgan fingerprint density at radius 3 is 2.53 bits per heavy atom. The molecule has 2 aromatic rings. The summed E-state index contributed by atoms with van der Waals surface area (Å²) < 4.78 is 10.6. The molecule has 0 spiro atoms. The normalized spacial score (nSPS) is 15.3. The molecule has 0 atom stereocenters. The van der Waals surface area contributed by atoms with Crippen molar-refractivity contribution in [2.45, 2.75) is 26.2 Å². The summed E-state index contributed by atoms with van der Waals surface area (Å²) >= 11 is 0. The van der Waals surface area contributed by atoms with Crippen molar-refractivity contribution in [1.29, 1.82) is 0 Å². The Labute approximate surface area is 178 Å². The molecule has 1 aliphatic heterocycles. The van der Waals surface area contributed by atoms with Crippen molar-refractivity contribution in [2.24, 2.45) is 4.99 Å². The molecule has 162 valence electrons. The second-order valence-electron chi connectivity index (χ2n) is 8.04. The second-order valence-corrected chi connectivity index (χ2v) is 8.04. The first kappa shape index (κ1) is 21.7. The van der Waals surface area contributed by atoms with E-state index >= 15 is 0 Å². The minimum absolute atomic E-state index is 0.0549. The molecule has 30 heavy (non-hydrogen) atoms. The summed E-state index contributed by atoms with van der Waals surface area (Å²) in [5, 5.41) is 3.40. The average Bonchev–Trinajstić information content (AvgIpc) is 3.31. The maximum Gasteiger partial charge on any atom is 0.289 e. The molecule has 2 heterocycles. The number of hydrogen-bond acceptors (Lipinski definition) is 4. The van der Waals surface area contributed by atoms with E-state index in [4.69, 9.17) is 14.1 Å². The lowest BCUT2D eigenvalue weighted by Gasteiger charge is -2.36. The van der Waals surface area contributed by atoms with Crippen molar-refractivity contribution < 1.29 is 13.9 Å². The van der Waals surface area contributed by atoms with Crippen molar-refractivity contribution in [2.75, 3.05) is 46.4 Å². The Balaban J connectivity index is 1.65. The Bertz CT molecular complexity index is 853. The Morgan fingerprint density at radius 2 is 1.90 bits per heavy atom. The van der Waals surface area contributed by atoms with Gasteiger partial charge in [0.05, 0.1) is 19.9 Å². The van der Waals surface area contributed by atoms with Crippen LogP contribution >= 0.6 is 0 Å². The Kier molecular flexibility index (Phi) is 7.03. The van der Waals surface area contributed by atoms with Gasteiger partial charge in [0, 0.05) is 38.1 Å². The van der Waals surface area contributed by atoms with Gasteiger partial charge in [0.1, 0.15) is 5.75 Å². The van der Waals surface area contributed by atoms with Gasteiger partial charge < -0.3 is 24.3 Å². The minimum atomic E-state index is -0.133. The van der Waals surface area contributed by atoms with Gasteiger partial charge in [-0.05, 0) is 36.8 Å². The predicted octanol–water partition coefficient (Wildman–Crippen LogP) is 2.99. The molecular weight excluding hydrogens is 380 g/mol. The number of nitrogens with one attached hydrogen (secondary N) is 1. The molecular formula is C23H32N4O3. The molecule has 1 aromatic carbocycles. The van der Waals surface area contributed by atoms with Gasteiger partial charge in [0.25, 0.3) is 5.91 Å². The summed E-state index contributed by atoms with van der Waals surface area (Å²) in [6.07, 6.45) is 1.53. The fourth-order valence-electron chi connectivity index (χ4n) is 3.51. The Hall–Kier alpha value is -2.96. The standard InChI is InChI=1S/C23H32N4O3/c1-5-24-22(25-17-23(2,3)18-8-6-9-19(16-18)29-4)27-13-11-26(12-14-27)21(28)20-10-7-15-30-20/h6-10,15-16H,5,11-14,17H2,1-4H3,(H,24,25). The molecule has 7 heteroatoms. The topological polar surface area (TPSA) is 70.3 Å². The summed E-state index contributed by atoms with van der Waals surface area (Å²) in [7, 11) is 1.68. The van der Waals surface area contributed by atoms with Crippen LogP contribution in [-0.4, -0.2) is 68.0 Å². The third-order valence-electron chi connectivity index (χ3n) is 5.41. The number of nitrogens with zero attached hydrogens (tertiary/aromatic N) is 3. The van der Waals surface area contributed by atoms with Crippen LogP contribution in [0.3, 0.4) is 0 Å². The molecule has 3 rings (SSSR count). The van der Waals surface area contributed by atoms with E-state index in [1.54, 1.807) is 19.2 Å². The van der Waals surface area contributed by atoms with Crippen LogP contribution in [0.25, 0.3) is 0 Å². The van der Waals surface area contributed by atoms with E-state index in [2.05, 4.69) is 43.1 Å². The van der Waals surface area contributed by atoms with Gasteiger partial charge in [-0.25, -0.2) is 0 Å². The molecule has 1 saturated heterocycles. The first-order valence-corrected chi connectivity index (χ1v) is 10.4. The number of methoxy groups -OCH3 is 1. The van der Waals surface area contributed by atoms with E-state index in [0.29, 0.717) is 25.4 Å². The van der Waals surface area contributed by atoms with Gasteiger partial charge >= 0.3 is 0 Å². The zero-order valence-corrected chi connectivity index (χ0v) is 18.4. The fourth-order valence-corrected chi connectivity index (χ4v) is 3.51. The number of rotatable bonds is 6. The van der Waals surface area contributed by atoms with Crippen LogP contribution in [0.1, 0.15) is 36.9 Å². The molecule has 7 nitrogen and oxygen atoms in total. The van der Waals surface area contributed by atoms with Gasteiger partial charge in [-0.2, -0.15) is 0 Å². The summed E-state index contributed by atoms with van der Waals surface area (Å²) in [5.41, 5.74) is 1.06. The van der Waals surface area contributed by atoms with Gasteiger partial charge in [-0.3, -0.25) is 9.79 Å². The highest BCUT2D eigenvalue weighted by atomic mass is 16.5. The Morgan fingerprint density at radius 1 is 1.17 bits per heavy atom. The molecule has 0 radical (unpaired) electrons. The van der Waals surface area contributed by atoms with Crippen molar-refractivity contribution in [3.63, 3.8) is 0 Å². The number of furan rings is 1. The monoisotopic (exact) mass is 412 g/mol. The first-order valence-electron chi connectivity index (χ1n) is 10.4. The highest BCUT2D eigenvalue weighted by Crippen LogP contribution is 2.27. The molecule has 0 unspecified atom stereocenters. The van der Waals surface area contributed by atoms with E-state index < -0.39 is 0 Å². The number of piperazine rings is 1. The van der Waals surface area contributed by atoms with Crippen LogP contribution in [0.5, 0.6) is 5.75 Å². The zero-order valence-electron chi connectivity index (χ0n) is 18.4. The maximum absolute atomic E-state index is 12.5. The van der Waals surface area contributed by atoms with Crippen LogP contribution < -0.4 is 10.1 Å². The van der Waals surface area contributed by atoms with E-state index in [1.165, 1.54) is 11.8 Å². The number of guanidine groups is 1. The van der Waals surface area contributed by atoms with E-state index in [-0.39, 0.29) is 11.3 Å². The van der Waals surface area contributed by atoms with Gasteiger partial charge in [-0.15, -0.1) is 0 Å². The number of carbonyl (C=O) groups is 1. The number of hydrogen-bond donors (Lipinski definition) is 1. The predicted molar refractivity (Wildman–Crippen MR) is 118 cm³/mol.